The first-order valence-electron chi connectivity index (χ1n) is 11.4. The van der Waals surface area contributed by atoms with Gasteiger partial charge in [0, 0.05) is 30.9 Å². The van der Waals surface area contributed by atoms with Crippen molar-refractivity contribution in [2.24, 2.45) is 0 Å². The highest BCUT2D eigenvalue weighted by atomic mass is 16.5. The van der Waals surface area contributed by atoms with E-state index in [9.17, 15) is 9.59 Å². The van der Waals surface area contributed by atoms with E-state index in [1.54, 1.807) is 29.2 Å². The van der Waals surface area contributed by atoms with Crippen LogP contribution in [0.5, 0.6) is 5.75 Å². The summed E-state index contributed by atoms with van der Waals surface area (Å²) in [5.74, 6) is 1.32. The predicted molar refractivity (Wildman–Crippen MR) is 125 cm³/mol. The second-order valence-electron chi connectivity index (χ2n) is 7.96. The fourth-order valence-electron chi connectivity index (χ4n) is 4.11. The molecule has 0 bridgehead atoms. The Bertz CT molecular complexity index is 1090. The van der Waals surface area contributed by atoms with Crippen LogP contribution in [0.15, 0.2) is 54.9 Å². The van der Waals surface area contributed by atoms with Gasteiger partial charge in [0.05, 0.1) is 24.1 Å². The van der Waals surface area contributed by atoms with Gasteiger partial charge in [0.15, 0.2) is 5.82 Å². The van der Waals surface area contributed by atoms with Crippen LogP contribution in [0.3, 0.4) is 0 Å². The first-order chi connectivity index (χ1) is 16.1. The van der Waals surface area contributed by atoms with Gasteiger partial charge in [-0.1, -0.05) is 13.0 Å². The van der Waals surface area contributed by atoms with Gasteiger partial charge in [0.2, 0.25) is 0 Å². The summed E-state index contributed by atoms with van der Waals surface area (Å²) in [5, 5.41) is 7.52. The smallest absolute Gasteiger partial charge is 0.254 e. The molecule has 3 heterocycles. The van der Waals surface area contributed by atoms with Gasteiger partial charge in [-0.3, -0.25) is 9.59 Å². The Morgan fingerprint density at radius 2 is 1.85 bits per heavy atom. The van der Waals surface area contributed by atoms with E-state index >= 15 is 0 Å². The number of nitrogens with one attached hydrogen (secondary N) is 1. The summed E-state index contributed by atoms with van der Waals surface area (Å²) >= 11 is 0. The van der Waals surface area contributed by atoms with Crippen molar-refractivity contribution in [2.45, 2.75) is 39.2 Å². The number of hydrogen-bond acceptors (Lipinski definition) is 5. The first kappa shape index (κ1) is 22.5. The zero-order valence-electron chi connectivity index (χ0n) is 19.0. The molecule has 4 rings (SSSR count). The number of hydrogen-bond donors (Lipinski definition) is 1. The van der Waals surface area contributed by atoms with Crippen LogP contribution in [0.4, 0.5) is 0 Å². The number of piperidine rings is 1. The lowest BCUT2D eigenvalue weighted by atomic mass is 10.0. The van der Waals surface area contributed by atoms with Crippen LogP contribution in [0.2, 0.25) is 0 Å². The van der Waals surface area contributed by atoms with Gasteiger partial charge in [-0.25, -0.2) is 9.67 Å². The van der Waals surface area contributed by atoms with Crippen LogP contribution in [0, 0.1) is 0 Å². The maximum atomic E-state index is 13.0. The van der Waals surface area contributed by atoms with Crippen LogP contribution in [-0.4, -0.2) is 57.2 Å². The molecule has 1 aliphatic rings. The Hall–Kier alpha value is -3.68. The number of carbonyl (C=O) groups is 2. The SMILES string of the molecule is CCOc1ccc(C(=O)N2CCC(NC(=O)c3cnn(-c4ccccn4)c3CC)CC2)cc1. The summed E-state index contributed by atoms with van der Waals surface area (Å²) in [4.78, 5) is 32.0. The predicted octanol–water partition coefficient (Wildman–Crippen LogP) is 3.26. The molecule has 1 aliphatic heterocycles. The van der Waals surface area contributed by atoms with Gasteiger partial charge in [-0.15, -0.1) is 0 Å². The number of amides is 2. The molecule has 0 aliphatic carbocycles. The lowest BCUT2D eigenvalue weighted by Gasteiger charge is -2.32. The molecule has 0 atom stereocenters. The fraction of sp³-hybridized carbons (Fsp3) is 0.360. The molecule has 33 heavy (non-hydrogen) atoms. The number of likely N-dealkylation sites (tertiary alicyclic amines) is 1. The van der Waals surface area contributed by atoms with E-state index < -0.39 is 0 Å². The quantitative estimate of drug-likeness (QED) is 0.601. The number of benzene rings is 1. The molecule has 1 N–H and O–H groups in total. The third-order valence-corrected chi connectivity index (χ3v) is 5.84. The summed E-state index contributed by atoms with van der Waals surface area (Å²) < 4.78 is 7.16. The molecular formula is C25H29N5O3. The van der Waals surface area contributed by atoms with Gasteiger partial charge >= 0.3 is 0 Å². The second-order valence-corrected chi connectivity index (χ2v) is 7.96. The minimum Gasteiger partial charge on any atom is -0.494 e. The van der Waals surface area contributed by atoms with E-state index in [2.05, 4.69) is 15.4 Å². The van der Waals surface area contributed by atoms with E-state index in [-0.39, 0.29) is 17.9 Å². The zero-order chi connectivity index (χ0) is 23.2. The van der Waals surface area contributed by atoms with Crippen LogP contribution < -0.4 is 10.1 Å². The maximum Gasteiger partial charge on any atom is 0.254 e. The van der Waals surface area contributed by atoms with Gasteiger partial charge in [-0.05, 0) is 62.6 Å². The van der Waals surface area contributed by atoms with Gasteiger partial charge < -0.3 is 15.0 Å². The minimum atomic E-state index is -0.134. The molecule has 8 nitrogen and oxygen atoms in total. The molecular weight excluding hydrogens is 418 g/mol. The lowest BCUT2D eigenvalue weighted by Crippen LogP contribution is -2.46. The van der Waals surface area contributed by atoms with Crippen molar-refractivity contribution in [3.63, 3.8) is 0 Å². The highest BCUT2D eigenvalue weighted by Gasteiger charge is 2.26. The summed E-state index contributed by atoms with van der Waals surface area (Å²) in [5.41, 5.74) is 2.04. The van der Waals surface area contributed by atoms with Crippen LogP contribution in [0.25, 0.3) is 5.82 Å². The lowest BCUT2D eigenvalue weighted by molar-refractivity contribution is 0.0698. The second kappa shape index (κ2) is 10.3. The average molecular weight is 448 g/mol. The van der Waals surface area contributed by atoms with Crippen molar-refractivity contribution in [3.05, 3.63) is 71.7 Å². The molecule has 0 unspecified atom stereocenters. The molecule has 0 spiro atoms. The Morgan fingerprint density at radius 1 is 1.09 bits per heavy atom. The molecule has 172 valence electrons. The molecule has 2 aromatic heterocycles. The highest BCUT2D eigenvalue weighted by molar-refractivity contribution is 5.96. The Balaban J connectivity index is 1.35. The van der Waals surface area contributed by atoms with Gasteiger partial charge in [0.1, 0.15) is 5.75 Å². The maximum absolute atomic E-state index is 13.0. The molecule has 8 heteroatoms. The van der Waals surface area contributed by atoms with E-state index in [0.717, 1.165) is 11.4 Å². The van der Waals surface area contributed by atoms with Gasteiger partial charge in [0.25, 0.3) is 11.8 Å². The van der Waals surface area contributed by atoms with E-state index in [4.69, 9.17) is 4.74 Å². The summed E-state index contributed by atoms with van der Waals surface area (Å²) in [6.45, 7) is 5.72. The first-order valence-corrected chi connectivity index (χ1v) is 11.4. The number of carbonyl (C=O) groups excluding carboxylic acids is 2. The summed E-state index contributed by atoms with van der Waals surface area (Å²) in [6, 6.07) is 12.9. The number of ether oxygens (including phenoxy) is 1. The van der Waals surface area contributed by atoms with Crippen LogP contribution in [-0.2, 0) is 6.42 Å². The highest BCUT2D eigenvalue weighted by Crippen LogP contribution is 2.19. The Morgan fingerprint density at radius 3 is 2.48 bits per heavy atom. The normalized spacial score (nSPS) is 14.2. The van der Waals surface area contributed by atoms with E-state index in [1.807, 2.05) is 49.1 Å². The van der Waals surface area contributed by atoms with Crippen molar-refractivity contribution in [2.75, 3.05) is 19.7 Å². The average Bonchev–Trinajstić information content (AvgIpc) is 3.30. The molecule has 2 amide bonds. The van der Waals surface area contributed by atoms with E-state index in [0.29, 0.717) is 55.9 Å². The third-order valence-electron chi connectivity index (χ3n) is 5.84. The zero-order valence-corrected chi connectivity index (χ0v) is 19.0. The van der Waals surface area contributed by atoms with Crippen molar-refractivity contribution >= 4 is 11.8 Å². The largest absolute Gasteiger partial charge is 0.494 e. The van der Waals surface area contributed by atoms with Gasteiger partial charge in [-0.2, -0.15) is 5.10 Å². The Labute approximate surface area is 193 Å². The monoisotopic (exact) mass is 447 g/mol. The number of aromatic nitrogens is 3. The topological polar surface area (TPSA) is 89.4 Å². The Kier molecular flexibility index (Phi) is 7.02. The van der Waals surface area contributed by atoms with E-state index in [1.165, 1.54) is 0 Å². The standard InChI is InChI=1S/C25H29N5O3/c1-3-22-21(17-27-30(22)23-7-5-6-14-26-23)24(31)28-19-12-15-29(16-13-19)25(32)18-8-10-20(11-9-18)33-4-2/h5-11,14,17,19H,3-4,12-13,15-16H2,1-2H3,(H,28,31). The molecule has 1 saturated heterocycles. The number of nitrogens with zero attached hydrogens (tertiary/aromatic N) is 4. The molecule has 0 saturated carbocycles. The minimum absolute atomic E-state index is 0.00716. The molecule has 1 fully saturated rings. The summed E-state index contributed by atoms with van der Waals surface area (Å²) in [6.07, 6.45) is 5.40. The van der Waals surface area contributed by atoms with Crippen molar-refractivity contribution in [3.8, 4) is 11.6 Å². The summed E-state index contributed by atoms with van der Waals surface area (Å²) in [7, 11) is 0. The number of pyridine rings is 1. The van der Waals surface area contributed by atoms with Crippen molar-refractivity contribution in [1.82, 2.24) is 25.0 Å². The molecule has 0 radical (unpaired) electrons. The van der Waals surface area contributed by atoms with Crippen LogP contribution in [0.1, 0.15) is 53.1 Å². The fourth-order valence-corrected chi connectivity index (χ4v) is 4.11. The van der Waals surface area contributed by atoms with Crippen molar-refractivity contribution in [1.29, 1.82) is 0 Å². The van der Waals surface area contributed by atoms with Crippen molar-refractivity contribution < 1.29 is 14.3 Å². The molecule has 3 aromatic rings. The number of rotatable bonds is 7. The third kappa shape index (κ3) is 5.05. The molecule has 1 aromatic carbocycles. The van der Waals surface area contributed by atoms with Crippen LogP contribution >= 0.6 is 0 Å².